The average molecular weight is 535 g/mol. The maximum absolute atomic E-state index is 13.5. The Labute approximate surface area is 228 Å². The number of carbonyl (C=O) groups is 2. The van der Waals surface area contributed by atoms with Crippen LogP contribution in [0.25, 0.3) is 16.8 Å². The van der Waals surface area contributed by atoms with Crippen molar-refractivity contribution in [3.05, 3.63) is 36.3 Å². The monoisotopic (exact) mass is 534 g/mol. The quantitative estimate of drug-likeness (QED) is 0.401. The van der Waals surface area contributed by atoms with Gasteiger partial charge in [0.15, 0.2) is 5.82 Å². The van der Waals surface area contributed by atoms with E-state index < -0.39 is 5.41 Å². The van der Waals surface area contributed by atoms with Gasteiger partial charge in [-0.05, 0) is 77.6 Å². The third-order valence-electron chi connectivity index (χ3n) is 7.90. The average Bonchev–Trinajstić information content (AvgIpc) is 3.58. The van der Waals surface area contributed by atoms with Crippen LogP contribution < -0.4 is 21.1 Å². The molecule has 4 heterocycles. The first-order valence-electron chi connectivity index (χ1n) is 13.7. The van der Waals surface area contributed by atoms with Crippen molar-refractivity contribution < 1.29 is 14.3 Å². The lowest BCUT2D eigenvalue weighted by Crippen LogP contribution is -2.50. The van der Waals surface area contributed by atoms with E-state index in [1.807, 2.05) is 19.9 Å². The number of methoxy groups -OCH3 is 1. The number of nitrogens with zero attached hydrogens (tertiary/aromatic N) is 5. The van der Waals surface area contributed by atoms with Crippen molar-refractivity contribution in [3.8, 4) is 17.1 Å². The van der Waals surface area contributed by atoms with E-state index >= 15 is 0 Å². The second-order valence-corrected chi connectivity index (χ2v) is 11.3. The van der Waals surface area contributed by atoms with Gasteiger partial charge in [-0.25, -0.2) is 14.5 Å². The Morgan fingerprint density at radius 1 is 1.08 bits per heavy atom. The van der Waals surface area contributed by atoms with Gasteiger partial charge in [0, 0.05) is 36.5 Å². The van der Waals surface area contributed by atoms with Gasteiger partial charge in [-0.2, -0.15) is 5.10 Å². The summed E-state index contributed by atoms with van der Waals surface area (Å²) in [6, 6.07) is 5.51. The number of anilines is 1. The van der Waals surface area contributed by atoms with Crippen LogP contribution in [-0.2, 0) is 4.79 Å². The topological polar surface area (TPSA) is 140 Å². The zero-order valence-corrected chi connectivity index (χ0v) is 22.9. The van der Waals surface area contributed by atoms with Crippen molar-refractivity contribution in [2.75, 3.05) is 32.5 Å². The van der Waals surface area contributed by atoms with Crippen LogP contribution >= 0.6 is 0 Å². The molecule has 1 aliphatic carbocycles. The number of hydrogen-bond acceptors (Lipinski definition) is 8. The van der Waals surface area contributed by atoms with E-state index in [0.29, 0.717) is 22.7 Å². The molecule has 0 bridgehead atoms. The van der Waals surface area contributed by atoms with Crippen LogP contribution in [0.4, 0.5) is 5.82 Å². The highest BCUT2D eigenvalue weighted by Gasteiger charge is 2.33. The Balaban J connectivity index is 1.23. The van der Waals surface area contributed by atoms with Crippen molar-refractivity contribution in [1.82, 2.24) is 35.1 Å². The van der Waals surface area contributed by atoms with Gasteiger partial charge in [-0.3, -0.25) is 9.59 Å². The molecular formula is C28H38N8O3. The van der Waals surface area contributed by atoms with E-state index in [4.69, 9.17) is 10.5 Å². The summed E-state index contributed by atoms with van der Waals surface area (Å²) in [6.07, 6.45) is 8.65. The van der Waals surface area contributed by atoms with Crippen molar-refractivity contribution in [2.45, 2.75) is 64.5 Å². The van der Waals surface area contributed by atoms with E-state index in [1.165, 1.54) is 19.2 Å². The molecule has 3 aromatic heterocycles. The van der Waals surface area contributed by atoms with Gasteiger partial charge in [0.2, 0.25) is 11.8 Å². The number of nitrogens with two attached hydrogens (primary N) is 1. The smallest absolute Gasteiger partial charge is 0.253 e. The van der Waals surface area contributed by atoms with E-state index in [0.717, 1.165) is 50.9 Å². The van der Waals surface area contributed by atoms with Crippen molar-refractivity contribution in [2.24, 2.45) is 5.41 Å². The molecule has 0 unspecified atom stereocenters. The molecule has 1 saturated carbocycles. The molecule has 0 spiro atoms. The summed E-state index contributed by atoms with van der Waals surface area (Å²) in [5.41, 5.74) is 8.12. The fraction of sp³-hybridized carbons (Fsp3) is 0.536. The minimum atomic E-state index is -0.426. The van der Waals surface area contributed by atoms with Gasteiger partial charge >= 0.3 is 0 Å². The van der Waals surface area contributed by atoms with E-state index in [9.17, 15) is 9.59 Å². The lowest BCUT2D eigenvalue weighted by molar-refractivity contribution is -0.131. The molecule has 0 radical (unpaired) electrons. The van der Waals surface area contributed by atoms with Gasteiger partial charge in [-0.15, -0.1) is 0 Å². The molecule has 11 nitrogen and oxygen atoms in total. The van der Waals surface area contributed by atoms with Crippen LogP contribution in [0.2, 0.25) is 0 Å². The number of nitrogen functional groups attached to an aromatic ring is 1. The highest BCUT2D eigenvalue weighted by Crippen LogP contribution is 2.30. The first kappa shape index (κ1) is 26.9. The second kappa shape index (κ2) is 11.2. The molecule has 2 aliphatic rings. The summed E-state index contributed by atoms with van der Waals surface area (Å²) in [5, 5.41) is 10.8. The normalized spacial score (nSPS) is 20.2. The number of fused-ring (bicyclic) bond motifs is 1. The highest BCUT2D eigenvalue weighted by atomic mass is 16.5. The van der Waals surface area contributed by atoms with Crippen molar-refractivity contribution >= 4 is 23.1 Å². The van der Waals surface area contributed by atoms with E-state index in [1.54, 1.807) is 30.0 Å². The molecule has 0 atom stereocenters. The molecule has 4 N–H and O–H groups in total. The summed E-state index contributed by atoms with van der Waals surface area (Å²) >= 11 is 0. The van der Waals surface area contributed by atoms with Crippen LogP contribution in [0.15, 0.2) is 30.7 Å². The summed E-state index contributed by atoms with van der Waals surface area (Å²) in [7, 11) is 1.55. The Bertz CT molecular complexity index is 1340. The summed E-state index contributed by atoms with van der Waals surface area (Å²) in [4.78, 5) is 37.1. The number of pyridine rings is 1. The minimum absolute atomic E-state index is 0.00790. The highest BCUT2D eigenvalue weighted by molar-refractivity contribution is 6.05. The van der Waals surface area contributed by atoms with Gasteiger partial charge < -0.3 is 26.0 Å². The Kier molecular flexibility index (Phi) is 7.69. The fourth-order valence-corrected chi connectivity index (χ4v) is 5.72. The number of aromatic nitrogens is 4. The van der Waals surface area contributed by atoms with Gasteiger partial charge in [0.25, 0.3) is 5.91 Å². The summed E-state index contributed by atoms with van der Waals surface area (Å²) < 4.78 is 6.89. The third-order valence-corrected chi connectivity index (χ3v) is 7.90. The van der Waals surface area contributed by atoms with Gasteiger partial charge in [-0.1, -0.05) is 0 Å². The number of ether oxygens (including phenoxy) is 1. The Morgan fingerprint density at radius 2 is 1.77 bits per heavy atom. The third kappa shape index (κ3) is 5.83. The van der Waals surface area contributed by atoms with Crippen molar-refractivity contribution in [1.29, 1.82) is 0 Å². The van der Waals surface area contributed by atoms with E-state index in [-0.39, 0.29) is 29.7 Å². The predicted octanol–water partition coefficient (Wildman–Crippen LogP) is 2.66. The van der Waals surface area contributed by atoms with E-state index in [2.05, 4.69) is 30.6 Å². The SMILES string of the molecule is COc1cc(-c2cc(C(=O)N[C@H]3CC[C@H](NC(=O)C(C)(C)CN4CCCC4)CC3)c3c(N)ncnn23)ccn1. The Hall–Kier alpha value is -3.73. The molecule has 39 heavy (non-hydrogen) atoms. The number of nitrogens with one attached hydrogen (secondary N) is 2. The summed E-state index contributed by atoms with van der Waals surface area (Å²) in [6.45, 7) is 7.00. The zero-order chi connectivity index (χ0) is 27.6. The molecule has 0 aromatic carbocycles. The van der Waals surface area contributed by atoms with Crippen LogP contribution in [-0.4, -0.2) is 75.1 Å². The maximum atomic E-state index is 13.5. The lowest BCUT2D eigenvalue weighted by Gasteiger charge is -2.34. The van der Waals surface area contributed by atoms with Crippen LogP contribution in [0.3, 0.4) is 0 Å². The Morgan fingerprint density at radius 3 is 2.46 bits per heavy atom. The molecule has 1 saturated heterocycles. The minimum Gasteiger partial charge on any atom is -0.481 e. The zero-order valence-electron chi connectivity index (χ0n) is 22.9. The number of rotatable bonds is 8. The first-order valence-corrected chi connectivity index (χ1v) is 13.7. The second-order valence-electron chi connectivity index (χ2n) is 11.3. The molecular weight excluding hydrogens is 496 g/mol. The molecule has 11 heteroatoms. The molecule has 1 aliphatic heterocycles. The van der Waals surface area contributed by atoms with Gasteiger partial charge in [0.05, 0.1) is 23.8 Å². The predicted molar refractivity (Wildman–Crippen MR) is 148 cm³/mol. The maximum Gasteiger partial charge on any atom is 0.253 e. The standard InChI is InChI=1S/C28H38N8O3/c1-28(2,16-35-12-4-5-13-35)27(38)34-20-8-6-19(7-9-20)33-26(37)21-15-22(18-10-11-30-23(14-18)39-3)36-24(21)25(29)31-17-32-36/h10-11,14-15,17,19-20H,4-9,12-13,16H2,1-3H3,(H,33,37)(H,34,38)(H2,29,31,32)/t19-,20-. The van der Waals surface area contributed by atoms with Crippen LogP contribution in [0.5, 0.6) is 5.88 Å². The summed E-state index contributed by atoms with van der Waals surface area (Å²) in [5.74, 6) is 0.572. The van der Waals surface area contributed by atoms with Gasteiger partial charge in [0.1, 0.15) is 11.8 Å². The fourth-order valence-electron chi connectivity index (χ4n) is 5.72. The molecule has 3 aromatic rings. The number of carbonyl (C=O) groups excluding carboxylic acids is 2. The molecule has 2 amide bonds. The molecule has 2 fully saturated rings. The number of likely N-dealkylation sites (tertiary alicyclic amines) is 1. The molecule has 5 rings (SSSR count). The lowest BCUT2D eigenvalue weighted by atomic mass is 9.87. The molecule has 208 valence electrons. The first-order chi connectivity index (χ1) is 18.7. The van der Waals surface area contributed by atoms with Crippen molar-refractivity contribution in [3.63, 3.8) is 0 Å². The van der Waals surface area contributed by atoms with Crippen LogP contribution in [0, 0.1) is 5.41 Å². The van der Waals surface area contributed by atoms with Crippen LogP contribution in [0.1, 0.15) is 62.7 Å². The number of hydrogen-bond donors (Lipinski definition) is 3. The number of amides is 2. The largest absolute Gasteiger partial charge is 0.481 e.